The van der Waals surface area contributed by atoms with Crippen LogP contribution in [0.4, 0.5) is 0 Å². The molecule has 0 saturated heterocycles. The van der Waals surface area contributed by atoms with Crippen LogP contribution in [0.2, 0.25) is 0 Å². The molecule has 50 valence electrons. The average Bonchev–Trinajstić information content (AvgIpc) is 1.25. The number of hydrogen-bond acceptors (Lipinski definition) is 3. The van der Waals surface area contributed by atoms with Crippen molar-refractivity contribution in [3.63, 3.8) is 0 Å². The molecule has 3 N–H and O–H groups in total. The van der Waals surface area contributed by atoms with Gasteiger partial charge in [-0.2, -0.15) is 8.42 Å². The lowest BCUT2D eigenvalue weighted by atomic mass is 15.8. The van der Waals surface area contributed by atoms with Crippen molar-refractivity contribution >= 4 is 16.5 Å². The smallest absolute Gasteiger partial charge is 0.312 e. The molecule has 0 atom stereocenters. The van der Waals surface area contributed by atoms with Crippen LogP contribution in [0.1, 0.15) is 0 Å². The molecular weight excluding hydrogens is 159 g/mol. The molecule has 0 aromatic heterocycles. The monoisotopic (exact) mass is 162 g/mol. The average molecular weight is 162 g/mol. The molecule has 0 saturated carbocycles. The standard InChI is InChI=1S/H3O6PS/c1-7(2,3)8(4,5)6/h(H2,1,2,3)(H,4,5,6). The third-order valence-electron chi connectivity index (χ3n) is 0.301. The molecule has 0 aliphatic carbocycles. The minimum atomic E-state index is -5.32. The van der Waals surface area contributed by atoms with Crippen molar-refractivity contribution in [2.75, 3.05) is 0 Å². The van der Waals surface area contributed by atoms with Gasteiger partial charge >= 0.3 is 16.5 Å². The fraction of sp³-hybridized carbons (Fsp3) is 0. The van der Waals surface area contributed by atoms with Crippen LogP contribution in [0.5, 0.6) is 0 Å². The Kier molecular flexibility index (Phi) is 1.80. The van der Waals surface area contributed by atoms with Gasteiger partial charge in [0, 0.05) is 0 Å². The van der Waals surface area contributed by atoms with Crippen LogP contribution in [0.3, 0.4) is 0 Å². The molecule has 0 spiro atoms. The predicted molar refractivity (Wildman–Crippen MR) is 23.6 cm³/mol. The maximum absolute atomic E-state index is 9.51. The summed E-state index contributed by atoms with van der Waals surface area (Å²) >= 11 is 0. The van der Waals surface area contributed by atoms with E-state index >= 15 is 0 Å². The summed E-state index contributed by atoms with van der Waals surface area (Å²) in [5.74, 6) is 0. The molecule has 0 aromatic carbocycles. The third kappa shape index (κ3) is 1.89. The van der Waals surface area contributed by atoms with E-state index < -0.39 is 16.5 Å². The quantitative estimate of drug-likeness (QED) is 0.335. The van der Waals surface area contributed by atoms with Crippen molar-refractivity contribution in [2.45, 2.75) is 0 Å². The fourth-order valence-corrected chi connectivity index (χ4v) is 0. The van der Waals surface area contributed by atoms with Crippen LogP contribution in [-0.2, 0) is 14.3 Å². The van der Waals surface area contributed by atoms with E-state index in [4.69, 9.17) is 14.3 Å². The van der Waals surface area contributed by atoms with Crippen LogP contribution >= 0.6 is 6.80 Å². The van der Waals surface area contributed by atoms with Gasteiger partial charge in [-0.1, -0.05) is 0 Å². The van der Waals surface area contributed by atoms with Crippen LogP contribution in [0.25, 0.3) is 0 Å². The first-order chi connectivity index (χ1) is 3.25. The number of rotatable bonds is 1. The maximum Gasteiger partial charge on any atom is 0.466 e. The van der Waals surface area contributed by atoms with Crippen molar-refractivity contribution in [2.24, 2.45) is 0 Å². The third-order valence-corrected chi connectivity index (χ3v) is 2.70. The molecule has 0 aliphatic rings. The summed E-state index contributed by atoms with van der Waals surface area (Å²) in [6.45, 7) is -5.32. The second-order valence-electron chi connectivity index (χ2n) is 0.938. The Morgan fingerprint density at radius 2 is 1.38 bits per heavy atom. The molecule has 0 radical (unpaired) electrons. The summed E-state index contributed by atoms with van der Waals surface area (Å²) in [7, 11) is -5.17. The van der Waals surface area contributed by atoms with Crippen molar-refractivity contribution in [3.8, 4) is 0 Å². The van der Waals surface area contributed by atoms with E-state index in [1.165, 1.54) is 0 Å². The Morgan fingerprint density at radius 3 is 1.38 bits per heavy atom. The molecule has 0 aliphatic heterocycles. The Labute approximate surface area is 44.8 Å². The highest BCUT2D eigenvalue weighted by molar-refractivity contribution is 8.46. The lowest BCUT2D eigenvalue weighted by Crippen LogP contribution is -1.96. The van der Waals surface area contributed by atoms with E-state index in [1.807, 2.05) is 0 Å². The lowest BCUT2D eigenvalue weighted by Gasteiger charge is -1.94. The van der Waals surface area contributed by atoms with E-state index in [0.29, 0.717) is 0 Å². The van der Waals surface area contributed by atoms with Crippen LogP contribution in [-0.4, -0.2) is 22.8 Å². The van der Waals surface area contributed by atoms with E-state index in [2.05, 4.69) is 0 Å². The molecule has 0 rings (SSSR count). The van der Waals surface area contributed by atoms with E-state index in [9.17, 15) is 13.0 Å². The topological polar surface area (TPSA) is 112 Å². The van der Waals surface area contributed by atoms with Gasteiger partial charge in [0.2, 0.25) is 0 Å². The summed E-state index contributed by atoms with van der Waals surface area (Å²) in [6, 6.07) is 0. The predicted octanol–water partition coefficient (Wildman–Crippen LogP) is -1.03. The SMILES string of the molecule is O=P(O)(O)S(=O)(=O)O. The van der Waals surface area contributed by atoms with Crippen molar-refractivity contribution in [1.82, 2.24) is 0 Å². The van der Waals surface area contributed by atoms with Gasteiger partial charge in [-0.15, -0.1) is 0 Å². The normalized spacial score (nSPS) is 13.9. The molecule has 6 nitrogen and oxygen atoms in total. The van der Waals surface area contributed by atoms with E-state index in [-0.39, 0.29) is 0 Å². The zero-order valence-corrected chi connectivity index (χ0v) is 5.13. The van der Waals surface area contributed by atoms with Crippen molar-refractivity contribution < 1.29 is 27.3 Å². The zero-order chi connectivity index (χ0) is 7.00. The van der Waals surface area contributed by atoms with Crippen LogP contribution in [0.15, 0.2) is 0 Å². The minimum Gasteiger partial charge on any atom is -0.312 e. The van der Waals surface area contributed by atoms with Gasteiger partial charge in [0.1, 0.15) is 0 Å². The first kappa shape index (κ1) is 8.06. The highest BCUT2D eigenvalue weighted by Crippen LogP contribution is 2.40. The summed E-state index contributed by atoms with van der Waals surface area (Å²) in [4.78, 5) is 15.3. The molecule has 0 bridgehead atoms. The molecule has 0 fully saturated rings. The minimum absolute atomic E-state index is 5.17. The van der Waals surface area contributed by atoms with Gasteiger partial charge in [0.15, 0.2) is 0 Å². The molecule has 0 amide bonds. The summed E-state index contributed by atoms with van der Waals surface area (Å²) in [5, 5.41) is 0. The Bertz CT molecular complexity index is 203. The summed E-state index contributed by atoms with van der Waals surface area (Å²) in [6.07, 6.45) is 0. The lowest BCUT2D eigenvalue weighted by molar-refractivity contribution is 0.378. The number of hydrogen-bond donors (Lipinski definition) is 3. The Morgan fingerprint density at radius 1 is 1.25 bits per heavy atom. The second-order valence-corrected chi connectivity index (χ2v) is 5.63. The second kappa shape index (κ2) is 1.78. The van der Waals surface area contributed by atoms with Crippen LogP contribution in [0, 0.1) is 0 Å². The Balaban J connectivity index is 4.84. The highest BCUT2D eigenvalue weighted by atomic mass is 32.8. The maximum atomic E-state index is 9.51. The first-order valence-corrected chi connectivity index (χ1v) is 4.94. The van der Waals surface area contributed by atoms with Gasteiger partial charge in [0.25, 0.3) is 0 Å². The molecule has 0 aromatic rings. The van der Waals surface area contributed by atoms with Crippen molar-refractivity contribution in [3.05, 3.63) is 0 Å². The molecule has 8 heteroatoms. The molecule has 0 heterocycles. The first-order valence-electron chi connectivity index (χ1n) is 1.28. The Hall–Kier alpha value is 0.0600. The highest BCUT2D eigenvalue weighted by Gasteiger charge is 2.30. The molecule has 8 heavy (non-hydrogen) atoms. The zero-order valence-electron chi connectivity index (χ0n) is 3.42. The summed E-state index contributed by atoms with van der Waals surface area (Å²) in [5.41, 5.74) is 0. The summed E-state index contributed by atoms with van der Waals surface area (Å²) < 4.78 is 36.0. The van der Waals surface area contributed by atoms with Crippen molar-refractivity contribution in [1.29, 1.82) is 0 Å². The van der Waals surface area contributed by atoms with E-state index in [0.717, 1.165) is 0 Å². The van der Waals surface area contributed by atoms with Gasteiger partial charge in [-0.05, 0) is 0 Å². The largest absolute Gasteiger partial charge is 0.466 e. The van der Waals surface area contributed by atoms with Gasteiger partial charge in [0.05, 0.1) is 0 Å². The molecular formula is H3O6PS. The van der Waals surface area contributed by atoms with Gasteiger partial charge in [-0.25, -0.2) is 4.57 Å². The van der Waals surface area contributed by atoms with Crippen LogP contribution < -0.4 is 0 Å². The van der Waals surface area contributed by atoms with Gasteiger partial charge < -0.3 is 9.79 Å². The van der Waals surface area contributed by atoms with Gasteiger partial charge in [-0.3, -0.25) is 4.55 Å². The molecule has 0 unspecified atom stereocenters. The van der Waals surface area contributed by atoms with E-state index in [1.54, 1.807) is 0 Å². The fourth-order valence-electron chi connectivity index (χ4n) is 0.